The molecule has 0 spiro atoms. The predicted molar refractivity (Wildman–Crippen MR) is 68.6 cm³/mol. The number of nitro benzene ring substituents is 1. The van der Waals surface area contributed by atoms with Crippen LogP contribution in [0.2, 0.25) is 5.02 Å². The van der Waals surface area contributed by atoms with Gasteiger partial charge in [-0.2, -0.15) is 0 Å². The maximum atomic E-state index is 11.0. The molecule has 0 radical (unpaired) electrons. The van der Waals surface area contributed by atoms with Crippen LogP contribution in [0.1, 0.15) is 32.6 Å². The highest BCUT2D eigenvalue weighted by Crippen LogP contribution is 2.40. The van der Waals surface area contributed by atoms with Gasteiger partial charge in [-0.3, -0.25) is 10.1 Å². The van der Waals surface area contributed by atoms with Crippen LogP contribution >= 0.6 is 11.6 Å². The first-order valence-corrected chi connectivity index (χ1v) is 6.16. The van der Waals surface area contributed by atoms with E-state index in [0.29, 0.717) is 10.7 Å². The van der Waals surface area contributed by atoms with Gasteiger partial charge in [0.2, 0.25) is 0 Å². The Hall–Kier alpha value is -1.29. The topological polar surface area (TPSA) is 55.2 Å². The molecule has 92 valence electrons. The van der Waals surface area contributed by atoms with Crippen LogP contribution in [0.15, 0.2) is 18.2 Å². The molecule has 0 bridgehead atoms. The monoisotopic (exact) mass is 254 g/mol. The van der Waals surface area contributed by atoms with Gasteiger partial charge in [0.25, 0.3) is 5.69 Å². The minimum Gasteiger partial charge on any atom is -0.374 e. The summed E-state index contributed by atoms with van der Waals surface area (Å²) in [6, 6.07) is 4.76. The number of nitro groups is 1. The fourth-order valence-electron chi connectivity index (χ4n) is 2.22. The van der Waals surface area contributed by atoms with E-state index in [2.05, 4.69) is 12.2 Å². The van der Waals surface area contributed by atoms with E-state index < -0.39 is 4.92 Å². The summed E-state index contributed by atoms with van der Waals surface area (Å²) in [5.41, 5.74) is 0.664. The Morgan fingerprint density at radius 3 is 2.71 bits per heavy atom. The largest absolute Gasteiger partial charge is 0.374 e. The lowest BCUT2D eigenvalue weighted by Gasteiger charge is -2.42. The van der Waals surface area contributed by atoms with Gasteiger partial charge in [-0.1, -0.05) is 18.5 Å². The van der Waals surface area contributed by atoms with Gasteiger partial charge in [0.05, 0.1) is 4.92 Å². The second kappa shape index (κ2) is 4.53. The molecule has 0 heterocycles. The zero-order valence-electron chi connectivity index (χ0n) is 9.70. The summed E-state index contributed by atoms with van der Waals surface area (Å²) in [6.07, 6.45) is 4.31. The summed E-state index contributed by atoms with van der Waals surface area (Å²) >= 11 is 5.78. The molecule has 17 heavy (non-hydrogen) atoms. The van der Waals surface area contributed by atoms with Crippen molar-refractivity contribution < 1.29 is 4.92 Å². The third kappa shape index (κ3) is 2.36. The van der Waals surface area contributed by atoms with Crippen molar-refractivity contribution in [2.75, 3.05) is 5.32 Å². The first-order valence-electron chi connectivity index (χ1n) is 5.78. The Morgan fingerprint density at radius 2 is 2.24 bits per heavy atom. The predicted octanol–water partition coefficient (Wildman–Crippen LogP) is 3.99. The summed E-state index contributed by atoms with van der Waals surface area (Å²) in [5.74, 6) is 0. The molecular formula is C12H15ClN2O2. The minimum absolute atomic E-state index is 0.0403. The maximum absolute atomic E-state index is 11.0. The molecule has 1 saturated carbocycles. The van der Waals surface area contributed by atoms with Crippen LogP contribution in [-0.2, 0) is 0 Å². The van der Waals surface area contributed by atoms with E-state index in [1.54, 1.807) is 12.1 Å². The van der Waals surface area contributed by atoms with Crippen molar-refractivity contribution in [1.29, 1.82) is 0 Å². The molecule has 0 amide bonds. The molecule has 2 rings (SSSR count). The Labute approximate surface area is 105 Å². The average Bonchev–Trinajstić information content (AvgIpc) is 2.25. The number of nitrogens with one attached hydrogen (secondary N) is 1. The van der Waals surface area contributed by atoms with E-state index in [1.165, 1.54) is 12.5 Å². The molecule has 0 unspecified atom stereocenters. The average molecular weight is 255 g/mol. The van der Waals surface area contributed by atoms with Gasteiger partial charge in [-0.25, -0.2) is 0 Å². The Balaban J connectivity index is 2.29. The van der Waals surface area contributed by atoms with Crippen LogP contribution in [0, 0.1) is 10.1 Å². The van der Waals surface area contributed by atoms with Crippen LogP contribution in [0.3, 0.4) is 0 Å². The fourth-order valence-corrected chi connectivity index (χ4v) is 2.38. The number of halogens is 1. The number of hydrogen-bond donors (Lipinski definition) is 1. The molecule has 1 aliphatic rings. The Morgan fingerprint density at radius 1 is 1.53 bits per heavy atom. The highest BCUT2D eigenvalue weighted by Gasteiger charge is 2.36. The zero-order chi connectivity index (χ0) is 12.5. The molecule has 0 aliphatic heterocycles. The van der Waals surface area contributed by atoms with Gasteiger partial charge in [0.1, 0.15) is 5.69 Å². The molecule has 1 fully saturated rings. The van der Waals surface area contributed by atoms with Crippen molar-refractivity contribution in [3.8, 4) is 0 Å². The van der Waals surface area contributed by atoms with Crippen LogP contribution in [-0.4, -0.2) is 10.5 Å². The van der Waals surface area contributed by atoms with Crippen molar-refractivity contribution in [1.82, 2.24) is 0 Å². The van der Waals surface area contributed by atoms with E-state index >= 15 is 0 Å². The summed E-state index contributed by atoms with van der Waals surface area (Å²) in [7, 11) is 0. The molecule has 0 atom stereocenters. The normalized spacial score (nSPS) is 17.3. The van der Waals surface area contributed by atoms with Crippen molar-refractivity contribution in [3.63, 3.8) is 0 Å². The molecule has 0 saturated heterocycles. The highest BCUT2D eigenvalue weighted by atomic mass is 35.5. The lowest BCUT2D eigenvalue weighted by molar-refractivity contribution is -0.384. The van der Waals surface area contributed by atoms with E-state index in [-0.39, 0.29) is 11.2 Å². The first kappa shape index (κ1) is 12.2. The quantitative estimate of drug-likeness (QED) is 0.653. The van der Waals surface area contributed by atoms with Gasteiger partial charge in [0, 0.05) is 16.6 Å². The molecule has 1 aliphatic carbocycles. The van der Waals surface area contributed by atoms with Crippen molar-refractivity contribution in [3.05, 3.63) is 33.3 Å². The van der Waals surface area contributed by atoms with Gasteiger partial charge in [-0.05, 0) is 37.8 Å². The number of nitrogens with zero attached hydrogens (tertiary/aromatic N) is 1. The standard InChI is InChI=1S/C12H15ClN2O2/c1-2-12(6-3-7-12)14-10-5-4-9(13)8-11(10)15(16)17/h4-5,8,14H,2-3,6-7H2,1H3. The van der Waals surface area contributed by atoms with Crippen LogP contribution in [0.5, 0.6) is 0 Å². The van der Waals surface area contributed by atoms with Gasteiger partial charge in [-0.15, -0.1) is 0 Å². The van der Waals surface area contributed by atoms with E-state index in [0.717, 1.165) is 19.3 Å². The number of hydrogen-bond acceptors (Lipinski definition) is 3. The molecule has 1 aromatic rings. The van der Waals surface area contributed by atoms with Crippen LogP contribution < -0.4 is 5.32 Å². The second-order valence-electron chi connectivity index (χ2n) is 4.53. The third-order valence-corrected chi connectivity index (χ3v) is 3.78. The first-order chi connectivity index (χ1) is 8.06. The Bertz CT molecular complexity index is 439. The zero-order valence-corrected chi connectivity index (χ0v) is 10.5. The molecule has 4 nitrogen and oxygen atoms in total. The van der Waals surface area contributed by atoms with E-state index in [1.807, 2.05) is 0 Å². The van der Waals surface area contributed by atoms with Crippen LogP contribution in [0.4, 0.5) is 11.4 Å². The molecule has 1 N–H and O–H groups in total. The summed E-state index contributed by atoms with van der Waals surface area (Å²) in [5, 5.41) is 14.7. The lowest BCUT2D eigenvalue weighted by Crippen LogP contribution is -2.44. The number of anilines is 1. The maximum Gasteiger partial charge on any atom is 0.293 e. The summed E-state index contributed by atoms with van der Waals surface area (Å²) in [6.45, 7) is 2.11. The highest BCUT2D eigenvalue weighted by molar-refractivity contribution is 6.30. The van der Waals surface area contributed by atoms with Gasteiger partial charge < -0.3 is 5.32 Å². The Kier molecular flexibility index (Phi) is 3.24. The third-order valence-electron chi connectivity index (χ3n) is 3.54. The second-order valence-corrected chi connectivity index (χ2v) is 4.97. The fraction of sp³-hybridized carbons (Fsp3) is 0.500. The molecule has 0 aromatic heterocycles. The van der Waals surface area contributed by atoms with Crippen molar-refractivity contribution in [2.45, 2.75) is 38.1 Å². The number of rotatable bonds is 4. The van der Waals surface area contributed by atoms with Crippen molar-refractivity contribution in [2.24, 2.45) is 0 Å². The molecule has 1 aromatic carbocycles. The van der Waals surface area contributed by atoms with E-state index in [4.69, 9.17) is 11.6 Å². The lowest BCUT2D eigenvalue weighted by atomic mass is 9.74. The minimum atomic E-state index is -0.393. The molecule has 5 heteroatoms. The molecular weight excluding hydrogens is 240 g/mol. The van der Waals surface area contributed by atoms with Crippen molar-refractivity contribution >= 4 is 23.0 Å². The van der Waals surface area contributed by atoms with Gasteiger partial charge in [0.15, 0.2) is 0 Å². The van der Waals surface area contributed by atoms with Crippen LogP contribution in [0.25, 0.3) is 0 Å². The SMILES string of the molecule is CCC1(Nc2ccc(Cl)cc2[N+](=O)[O-])CCC1. The summed E-state index contributed by atoms with van der Waals surface area (Å²) < 4.78 is 0. The smallest absolute Gasteiger partial charge is 0.293 e. The summed E-state index contributed by atoms with van der Waals surface area (Å²) in [4.78, 5) is 10.6. The van der Waals surface area contributed by atoms with Gasteiger partial charge >= 0.3 is 0 Å². The number of benzene rings is 1. The van der Waals surface area contributed by atoms with E-state index in [9.17, 15) is 10.1 Å².